The molecule has 0 fully saturated rings. The van der Waals surface area contributed by atoms with E-state index in [0.717, 1.165) is 6.07 Å². The van der Waals surface area contributed by atoms with E-state index in [1.165, 1.54) is 0 Å². The van der Waals surface area contributed by atoms with Crippen molar-refractivity contribution in [2.75, 3.05) is 0 Å². The smallest absolute Gasteiger partial charge is 0.328 e. The number of pyridine rings is 1. The van der Waals surface area contributed by atoms with Crippen molar-refractivity contribution in [2.24, 2.45) is 0 Å². The molecule has 1 N–H and O–H groups in total. The van der Waals surface area contributed by atoms with Crippen LogP contribution in [0.15, 0.2) is 12.3 Å². The zero-order chi connectivity index (χ0) is 11.1. The molecule has 2 aromatic rings. The van der Waals surface area contributed by atoms with Crippen LogP contribution in [0.5, 0.6) is 0 Å². The topological polar surface area (TPSA) is 65.4 Å². The highest BCUT2D eigenvalue weighted by atomic mass is 19.4. The van der Waals surface area contributed by atoms with Crippen LogP contribution in [-0.4, -0.2) is 15.0 Å². The molecule has 0 spiro atoms. The molecule has 2 aromatic heterocycles. The summed E-state index contributed by atoms with van der Waals surface area (Å²) in [5, 5.41) is 8.47. The number of aromatic amines is 1. The summed E-state index contributed by atoms with van der Waals surface area (Å²) < 4.78 is 36.8. The molecule has 0 unspecified atom stereocenters. The van der Waals surface area contributed by atoms with Gasteiger partial charge in [-0.3, -0.25) is 0 Å². The Hall–Kier alpha value is -2.10. The van der Waals surface area contributed by atoms with Crippen molar-refractivity contribution in [1.82, 2.24) is 15.0 Å². The van der Waals surface area contributed by atoms with E-state index in [9.17, 15) is 13.2 Å². The summed E-state index contributed by atoms with van der Waals surface area (Å²) in [6.45, 7) is 0. The zero-order valence-electron chi connectivity index (χ0n) is 7.13. The summed E-state index contributed by atoms with van der Waals surface area (Å²) in [5.41, 5.74) is -0.677. The number of halogens is 3. The normalized spacial score (nSPS) is 11.6. The first-order chi connectivity index (χ1) is 7.00. The quantitative estimate of drug-likeness (QED) is 0.724. The Kier molecular flexibility index (Phi) is 1.86. The van der Waals surface area contributed by atoms with Crippen LogP contribution in [0.3, 0.4) is 0 Å². The van der Waals surface area contributed by atoms with E-state index in [-0.39, 0.29) is 17.0 Å². The maximum absolute atomic E-state index is 12.3. The molecular formula is C8H3F3N4. The lowest BCUT2D eigenvalue weighted by Gasteiger charge is -2.04. The zero-order valence-corrected chi connectivity index (χ0v) is 7.13. The van der Waals surface area contributed by atoms with Crippen LogP contribution in [0.25, 0.3) is 11.2 Å². The molecule has 76 valence electrons. The molecule has 0 aliphatic carbocycles. The van der Waals surface area contributed by atoms with Crippen LogP contribution >= 0.6 is 0 Å². The van der Waals surface area contributed by atoms with E-state index in [4.69, 9.17) is 5.26 Å². The Morgan fingerprint density at radius 1 is 1.40 bits per heavy atom. The van der Waals surface area contributed by atoms with E-state index in [0.29, 0.717) is 6.20 Å². The summed E-state index contributed by atoms with van der Waals surface area (Å²) in [5.74, 6) is -0.0585. The molecule has 0 radical (unpaired) electrons. The second-order valence-electron chi connectivity index (χ2n) is 2.79. The van der Waals surface area contributed by atoms with Gasteiger partial charge in [-0.1, -0.05) is 0 Å². The van der Waals surface area contributed by atoms with E-state index in [2.05, 4.69) is 15.0 Å². The molecular weight excluding hydrogens is 209 g/mol. The molecule has 0 aliphatic heterocycles. The second-order valence-corrected chi connectivity index (χ2v) is 2.79. The second kappa shape index (κ2) is 2.95. The van der Waals surface area contributed by atoms with Crippen molar-refractivity contribution in [3.05, 3.63) is 23.7 Å². The predicted molar refractivity (Wildman–Crippen MR) is 43.6 cm³/mol. The third kappa shape index (κ3) is 1.61. The summed E-state index contributed by atoms with van der Waals surface area (Å²) >= 11 is 0. The third-order valence-corrected chi connectivity index (χ3v) is 1.77. The standard InChI is InChI=1S/C8H3F3N4/c9-8(10,11)4-1-5-7(13-3-4)15-6(2-12)14-5/h1,3H,(H,13,14,15). The number of nitrogens with zero attached hydrogens (tertiary/aromatic N) is 3. The van der Waals surface area contributed by atoms with Gasteiger partial charge in [0, 0.05) is 6.20 Å². The Balaban J connectivity index is 2.62. The lowest BCUT2D eigenvalue weighted by atomic mass is 10.2. The highest BCUT2D eigenvalue weighted by Crippen LogP contribution is 2.29. The average Bonchev–Trinajstić information content (AvgIpc) is 2.57. The van der Waals surface area contributed by atoms with Crippen molar-refractivity contribution in [3.8, 4) is 6.07 Å². The molecule has 4 nitrogen and oxygen atoms in total. The van der Waals surface area contributed by atoms with E-state index in [1.807, 2.05) is 0 Å². The van der Waals surface area contributed by atoms with Crippen molar-refractivity contribution in [2.45, 2.75) is 6.18 Å². The number of hydrogen-bond acceptors (Lipinski definition) is 3. The predicted octanol–water partition coefficient (Wildman–Crippen LogP) is 1.85. The van der Waals surface area contributed by atoms with Gasteiger partial charge in [0.2, 0.25) is 5.82 Å². The minimum Gasteiger partial charge on any atom is -0.328 e. The fourth-order valence-corrected chi connectivity index (χ4v) is 1.11. The van der Waals surface area contributed by atoms with Crippen molar-refractivity contribution in [3.63, 3.8) is 0 Å². The first-order valence-electron chi connectivity index (χ1n) is 3.84. The highest BCUT2D eigenvalue weighted by molar-refractivity contribution is 5.71. The van der Waals surface area contributed by atoms with Crippen molar-refractivity contribution < 1.29 is 13.2 Å². The Morgan fingerprint density at radius 3 is 2.73 bits per heavy atom. The third-order valence-electron chi connectivity index (χ3n) is 1.77. The molecule has 2 heterocycles. The molecule has 0 amide bonds. The molecule has 0 aliphatic rings. The molecule has 0 aromatic carbocycles. The van der Waals surface area contributed by atoms with Gasteiger partial charge >= 0.3 is 6.18 Å². The number of nitriles is 1. The average molecular weight is 212 g/mol. The molecule has 0 saturated heterocycles. The first kappa shape index (κ1) is 9.45. The van der Waals surface area contributed by atoms with Crippen molar-refractivity contribution in [1.29, 1.82) is 5.26 Å². The molecule has 0 bridgehead atoms. The van der Waals surface area contributed by atoms with Crippen LogP contribution in [0.4, 0.5) is 13.2 Å². The SMILES string of the molecule is N#Cc1nc2ncc(C(F)(F)F)cc2[nH]1. The van der Waals surface area contributed by atoms with E-state index < -0.39 is 11.7 Å². The Labute approximate surface area is 81.4 Å². The molecule has 15 heavy (non-hydrogen) atoms. The van der Waals surface area contributed by atoms with Crippen LogP contribution in [0.2, 0.25) is 0 Å². The highest BCUT2D eigenvalue weighted by Gasteiger charge is 2.31. The maximum atomic E-state index is 12.3. The lowest BCUT2D eigenvalue weighted by molar-refractivity contribution is -0.137. The number of H-pyrrole nitrogens is 1. The van der Waals surface area contributed by atoms with Crippen LogP contribution in [-0.2, 0) is 6.18 Å². The number of imidazole rings is 1. The number of rotatable bonds is 0. The fourth-order valence-electron chi connectivity index (χ4n) is 1.11. The number of nitrogens with one attached hydrogen (secondary N) is 1. The van der Waals surface area contributed by atoms with Crippen molar-refractivity contribution >= 4 is 11.2 Å². The maximum Gasteiger partial charge on any atom is 0.417 e. The Bertz CT molecular complexity index is 549. The van der Waals surface area contributed by atoms with Gasteiger partial charge in [-0.15, -0.1) is 0 Å². The van der Waals surface area contributed by atoms with Gasteiger partial charge in [0.05, 0.1) is 11.1 Å². The number of alkyl halides is 3. The van der Waals surface area contributed by atoms with Crippen LogP contribution in [0.1, 0.15) is 11.4 Å². The number of fused-ring (bicyclic) bond motifs is 1. The molecule has 0 atom stereocenters. The molecule has 2 rings (SSSR count). The van der Waals surface area contributed by atoms with Gasteiger partial charge in [-0.05, 0) is 6.07 Å². The lowest BCUT2D eigenvalue weighted by Crippen LogP contribution is -2.05. The summed E-state index contributed by atoms with van der Waals surface area (Å²) in [6, 6.07) is 2.56. The van der Waals surface area contributed by atoms with E-state index in [1.54, 1.807) is 6.07 Å². The van der Waals surface area contributed by atoms with Gasteiger partial charge in [-0.25, -0.2) is 4.98 Å². The monoisotopic (exact) mass is 212 g/mol. The fraction of sp³-hybridized carbons (Fsp3) is 0.125. The van der Waals surface area contributed by atoms with Crippen LogP contribution in [0, 0.1) is 11.3 Å². The Morgan fingerprint density at radius 2 is 2.13 bits per heavy atom. The van der Waals surface area contributed by atoms with Gasteiger partial charge in [0.25, 0.3) is 0 Å². The molecule has 0 saturated carbocycles. The van der Waals surface area contributed by atoms with E-state index >= 15 is 0 Å². The number of hydrogen-bond donors (Lipinski definition) is 1. The number of aromatic nitrogens is 3. The van der Waals surface area contributed by atoms with Gasteiger partial charge < -0.3 is 4.98 Å². The minimum absolute atomic E-state index is 0.0585. The largest absolute Gasteiger partial charge is 0.417 e. The first-order valence-corrected chi connectivity index (χ1v) is 3.84. The summed E-state index contributed by atoms with van der Waals surface area (Å²) in [7, 11) is 0. The minimum atomic E-state index is -4.45. The summed E-state index contributed by atoms with van der Waals surface area (Å²) in [4.78, 5) is 9.59. The summed E-state index contributed by atoms with van der Waals surface area (Å²) in [6.07, 6.45) is -3.76. The van der Waals surface area contributed by atoms with Gasteiger partial charge in [0.1, 0.15) is 6.07 Å². The van der Waals surface area contributed by atoms with Crippen LogP contribution < -0.4 is 0 Å². The van der Waals surface area contributed by atoms with Gasteiger partial charge in [-0.2, -0.15) is 23.4 Å². The molecule has 7 heteroatoms. The van der Waals surface area contributed by atoms with Gasteiger partial charge in [0.15, 0.2) is 5.65 Å².